The van der Waals surface area contributed by atoms with Crippen molar-refractivity contribution in [3.63, 3.8) is 0 Å². The first-order chi connectivity index (χ1) is 12.2. The molecular formula is C18H19N5O2. The maximum Gasteiger partial charge on any atom is 0.261 e. The molecule has 0 unspecified atom stereocenters. The molecule has 0 atom stereocenters. The largest absolute Gasteiger partial charge is 0.507 e. The fourth-order valence-electron chi connectivity index (χ4n) is 3.13. The quantitative estimate of drug-likeness (QED) is 0.683. The molecule has 0 bridgehead atoms. The Kier molecular flexibility index (Phi) is 3.97. The van der Waals surface area contributed by atoms with Gasteiger partial charge in [-0.05, 0) is 42.2 Å². The van der Waals surface area contributed by atoms with Crippen molar-refractivity contribution < 1.29 is 9.90 Å². The molecule has 4 rings (SSSR count). The first-order valence-corrected chi connectivity index (χ1v) is 8.41. The van der Waals surface area contributed by atoms with Crippen molar-refractivity contribution in [2.75, 3.05) is 23.3 Å². The molecule has 0 saturated carbocycles. The number of H-pyrrole nitrogens is 1. The highest BCUT2D eigenvalue weighted by molar-refractivity contribution is 6.08. The summed E-state index contributed by atoms with van der Waals surface area (Å²) in [4.78, 5) is 18.9. The van der Waals surface area contributed by atoms with E-state index in [4.69, 9.17) is 0 Å². The lowest BCUT2D eigenvalue weighted by molar-refractivity contribution is 0.102. The van der Waals surface area contributed by atoms with Gasteiger partial charge in [-0.25, -0.2) is 5.10 Å². The van der Waals surface area contributed by atoms with Crippen molar-refractivity contribution in [3.05, 3.63) is 42.0 Å². The minimum atomic E-state index is -0.426. The fraction of sp³-hybridized carbons (Fsp3) is 0.278. The van der Waals surface area contributed by atoms with E-state index in [1.165, 1.54) is 6.42 Å². The lowest BCUT2D eigenvalue weighted by Gasteiger charge is -2.24. The van der Waals surface area contributed by atoms with E-state index in [-0.39, 0.29) is 17.3 Å². The number of carbonyl (C=O) groups is 1. The van der Waals surface area contributed by atoms with E-state index in [9.17, 15) is 9.90 Å². The van der Waals surface area contributed by atoms with Crippen LogP contribution >= 0.6 is 0 Å². The van der Waals surface area contributed by atoms with Gasteiger partial charge in [0.25, 0.3) is 5.91 Å². The molecule has 0 spiro atoms. The molecule has 1 aliphatic heterocycles. The number of phenols is 1. The highest BCUT2D eigenvalue weighted by atomic mass is 16.3. The first kappa shape index (κ1) is 15.4. The predicted molar refractivity (Wildman–Crippen MR) is 96.0 cm³/mol. The number of fused-ring (bicyclic) bond motifs is 1. The Morgan fingerprint density at radius 2 is 1.84 bits per heavy atom. The van der Waals surface area contributed by atoms with E-state index in [0.717, 1.165) is 36.7 Å². The molecule has 1 aromatic heterocycles. The average Bonchev–Trinajstić information content (AvgIpc) is 3.10. The van der Waals surface area contributed by atoms with E-state index in [1.54, 1.807) is 12.1 Å². The number of nitrogens with one attached hydrogen (secondary N) is 2. The van der Waals surface area contributed by atoms with Crippen LogP contribution in [0.1, 0.15) is 29.6 Å². The molecular weight excluding hydrogens is 318 g/mol. The summed E-state index contributed by atoms with van der Waals surface area (Å²) >= 11 is 0. The first-order valence-electron chi connectivity index (χ1n) is 8.41. The second-order valence-electron chi connectivity index (χ2n) is 6.20. The van der Waals surface area contributed by atoms with Crippen molar-refractivity contribution in [2.45, 2.75) is 19.3 Å². The Morgan fingerprint density at radius 1 is 1.12 bits per heavy atom. The highest BCUT2D eigenvalue weighted by Gasteiger charge is 2.18. The van der Waals surface area contributed by atoms with Crippen LogP contribution in [-0.4, -0.2) is 39.3 Å². The van der Waals surface area contributed by atoms with Crippen LogP contribution in [0.4, 0.5) is 11.9 Å². The second kappa shape index (κ2) is 6.43. The molecule has 2 aromatic carbocycles. The van der Waals surface area contributed by atoms with E-state index in [2.05, 4.69) is 25.4 Å². The maximum absolute atomic E-state index is 12.5. The van der Waals surface area contributed by atoms with Gasteiger partial charge in [0, 0.05) is 13.1 Å². The van der Waals surface area contributed by atoms with Gasteiger partial charge >= 0.3 is 0 Å². The van der Waals surface area contributed by atoms with Crippen LogP contribution in [0.5, 0.6) is 5.75 Å². The lowest BCUT2D eigenvalue weighted by atomic mass is 10.1. The van der Waals surface area contributed by atoms with Gasteiger partial charge in [-0.3, -0.25) is 10.1 Å². The third-order valence-electron chi connectivity index (χ3n) is 4.45. The number of amides is 1. The minimum absolute atomic E-state index is 0.0630. The molecule has 3 aromatic rings. The summed E-state index contributed by atoms with van der Waals surface area (Å²) < 4.78 is 0. The number of aromatic nitrogens is 3. The molecule has 0 radical (unpaired) electrons. The molecule has 7 nitrogen and oxygen atoms in total. The highest BCUT2D eigenvalue weighted by Crippen LogP contribution is 2.25. The van der Waals surface area contributed by atoms with Gasteiger partial charge in [-0.2, -0.15) is 4.98 Å². The van der Waals surface area contributed by atoms with Gasteiger partial charge in [0.15, 0.2) is 0 Å². The number of benzene rings is 2. The van der Waals surface area contributed by atoms with E-state index < -0.39 is 5.91 Å². The molecule has 128 valence electrons. The summed E-state index contributed by atoms with van der Waals surface area (Å²) in [7, 11) is 0. The predicted octanol–water partition coefficient (Wildman–Crippen LogP) is 2.91. The summed E-state index contributed by atoms with van der Waals surface area (Å²) in [6.07, 6.45) is 3.48. The van der Waals surface area contributed by atoms with Crippen LogP contribution in [-0.2, 0) is 0 Å². The number of anilines is 2. The average molecular weight is 337 g/mol. The summed E-state index contributed by atoms with van der Waals surface area (Å²) in [6, 6.07) is 10.8. The van der Waals surface area contributed by atoms with Gasteiger partial charge in [-0.15, -0.1) is 5.10 Å². The molecule has 1 aliphatic rings. The van der Waals surface area contributed by atoms with E-state index in [1.807, 2.05) is 24.3 Å². The number of aromatic amines is 1. The van der Waals surface area contributed by atoms with Crippen LogP contribution < -0.4 is 10.2 Å². The number of rotatable bonds is 3. The number of hydrogen-bond donors (Lipinski definition) is 3. The van der Waals surface area contributed by atoms with Gasteiger partial charge in [-0.1, -0.05) is 24.3 Å². The monoisotopic (exact) mass is 337 g/mol. The van der Waals surface area contributed by atoms with Crippen LogP contribution in [0.15, 0.2) is 36.4 Å². The fourth-order valence-corrected chi connectivity index (χ4v) is 3.13. The number of phenolic OH excluding ortho intramolecular Hbond substituents is 1. The maximum atomic E-state index is 12.5. The minimum Gasteiger partial charge on any atom is -0.507 e. The van der Waals surface area contributed by atoms with Crippen molar-refractivity contribution >= 4 is 28.6 Å². The molecule has 0 aliphatic carbocycles. The van der Waals surface area contributed by atoms with Crippen molar-refractivity contribution in [1.82, 2.24) is 15.2 Å². The third kappa shape index (κ3) is 3.13. The molecule has 1 amide bonds. The zero-order valence-electron chi connectivity index (χ0n) is 13.7. The molecule has 1 saturated heterocycles. The summed E-state index contributed by atoms with van der Waals surface area (Å²) in [6.45, 7) is 1.85. The van der Waals surface area contributed by atoms with Crippen molar-refractivity contribution in [2.24, 2.45) is 0 Å². The summed E-state index contributed by atoms with van der Waals surface area (Å²) in [5.41, 5.74) is 0.203. The van der Waals surface area contributed by atoms with Crippen molar-refractivity contribution in [1.29, 1.82) is 0 Å². The van der Waals surface area contributed by atoms with Crippen LogP contribution in [0.2, 0.25) is 0 Å². The third-order valence-corrected chi connectivity index (χ3v) is 4.45. The van der Waals surface area contributed by atoms with Gasteiger partial charge in [0.1, 0.15) is 5.75 Å². The van der Waals surface area contributed by atoms with Gasteiger partial charge in [0.2, 0.25) is 11.9 Å². The van der Waals surface area contributed by atoms with Crippen molar-refractivity contribution in [3.8, 4) is 5.75 Å². The number of piperidine rings is 1. The Morgan fingerprint density at radius 3 is 2.60 bits per heavy atom. The molecule has 7 heteroatoms. The number of hydrogen-bond acceptors (Lipinski definition) is 5. The SMILES string of the molecule is O=C(Nc1nc(N2CCCCC2)n[nH]1)c1cc2ccccc2cc1O. The van der Waals surface area contributed by atoms with Crippen LogP contribution in [0.3, 0.4) is 0 Å². The van der Waals surface area contributed by atoms with Crippen LogP contribution in [0.25, 0.3) is 10.8 Å². The number of nitrogens with zero attached hydrogens (tertiary/aromatic N) is 3. The molecule has 3 N–H and O–H groups in total. The lowest BCUT2D eigenvalue weighted by Crippen LogP contribution is -2.30. The molecule has 25 heavy (non-hydrogen) atoms. The number of aromatic hydroxyl groups is 1. The van der Waals surface area contributed by atoms with Gasteiger partial charge in [0.05, 0.1) is 5.56 Å². The zero-order chi connectivity index (χ0) is 17.2. The van der Waals surface area contributed by atoms with E-state index in [0.29, 0.717) is 5.95 Å². The Bertz CT molecular complexity index is 915. The Labute approximate surface area is 144 Å². The topological polar surface area (TPSA) is 94.1 Å². The number of carbonyl (C=O) groups excluding carboxylic acids is 1. The molecule has 1 fully saturated rings. The Balaban J connectivity index is 1.54. The second-order valence-corrected chi connectivity index (χ2v) is 6.20. The molecule has 2 heterocycles. The summed E-state index contributed by atoms with van der Waals surface area (Å²) in [5, 5.41) is 21.5. The van der Waals surface area contributed by atoms with Crippen LogP contribution in [0, 0.1) is 0 Å². The normalized spacial score (nSPS) is 14.6. The zero-order valence-corrected chi connectivity index (χ0v) is 13.7. The Hall–Kier alpha value is -3.09. The summed E-state index contributed by atoms with van der Waals surface area (Å²) in [5.74, 6) is 0.382. The smallest absolute Gasteiger partial charge is 0.261 e. The van der Waals surface area contributed by atoms with E-state index >= 15 is 0 Å². The van der Waals surface area contributed by atoms with Gasteiger partial charge < -0.3 is 10.0 Å². The standard InChI is InChI=1S/C18H19N5O2/c24-15-11-13-7-3-2-6-12(13)10-14(15)16(25)19-17-20-18(22-21-17)23-8-4-1-5-9-23/h2-3,6-7,10-11,24H,1,4-5,8-9H2,(H2,19,20,21,22,25).